The average Bonchev–Trinajstić information content (AvgIpc) is 2.89. The molecule has 4 rings (SSSR count). The van der Waals surface area contributed by atoms with Gasteiger partial charge >= 0.3 is 0 Å². The third kappa shape index (κ3) is 3.58. The summed E-state index contributed by atoms with van der Waals surface area (Å²) >= 11 is 6.51. The standard InChI is InChI=1S/C22H20ClN3O2/c1-13-3-5-16(12-25-13)19-6-4-15(11-26-19)9-17-10-18-21(20(23)14(17)2)28-8-7-24-22(18)27/h3-6,10-12H,7-9H2,1-2H3,(H,24,27). The Bertz CT molecular complexity index is 1030. The predicted octanol–water partition coefficient (Wildman–Crippen LogP) is 4.13. The highest BCUT2D eigenvalue weighted by Gasteiger charge is 2.22. The first kappa shape index (κ1) is 18.4. The maximum absolute atomic E-state index is 12.3. The molecule has 1 amide bonds. The van der Waals surface area contributed by atoms with Gasteiger partial charge in [-0.05, 0) is 61.2 Å². The van der Waals surface area contributed by atoms with Gasteiger partial charge in [-0.1, -0.05) is 17.7 Å². The summed E-state index contributed by atoms with van der Waals surface area (Å²) in [5.41, 5.74) is 6.26. The maximum Gasteiger partial charge on any atom is 0.255 e. The zero-order valence-corrected chi connectivity index (χ0v) is 16.5. The van der Waals surface area contributed by atoms with E-state index in [9.17, 15) is 4.79 Å². The van der Waals surface area contributed by atoms with Crippen LogP contribution in [-0.4, -0.2) is 29.0 Å². The number of aromatic nitrogens is 2. The van der Waals surface area contributed by atoms with Crippen molar-refractivity contribution in [2.75, 3.05) is 13.2 Å². The number of fused-ring (bicyclic) bond motifs is 1. The van der Waals surface area contributed by atoms with Crippen LogP contribution >= 0.6 is 11.6 Å². The number of nitrogens with one attached hydrogen (secondary N) is 1. The molecular weight excluding hydrogens is 374 g/mol. The fourth-order valence-electron chi connectivity index (χ4n) is 3.22. The van der Waals surface area contributed by atoms with Crippen molar-refractivity contribution in [3.05, 3.63) is 75.7 Å². The number of nitrogens with zero attached hydrogens (tertiary/aromatic N) is 2. The van der Waals surface area contributed by atoms with Crippen molar-refractivity contribution < 1.29 is 9.53 Å². The second-order valence-corrected chi connectivity index (χ2v) is 7.25. The first-order valence-corrected chi connectivity index (χ1v) is 9.51. The average molecular weight is 394 g/mol. The highest BCUT2D eigenvalue weighted by atomic mass is 35.5. The van der Waals surface area contributed by atoms with Crippen LogP contribution in [0.25, 0.3) is 11.3 Å². The quantitative estimate of drug-likeness (QED) is 0.726. The van der Waals surface area contributed by atoms with Crippen LogP contribution in [0.3, 0.4) is 0 Å². The van der Waals surface area contributed by atoms with Crippen molar-refractivity contribution in [3.8, 4) is 17.0 Å². The molecule has 1 N–H and O–H groups in total. The van der Waals surface area contributed by atoms with Gasteiger partial charge in [0.05, 0.1) is 22.8 Å². The molecule has 0 unspecified atom stereocenters. The lowest BCUT2D eigenvalue weighted by Crippen LogP contribution is -2.24. The normalized spacial score (nSPS) is 13.3. The van der Waals surface area contributed by atoms with E-state index in [1.54, 1.807) is 0 Å². The molecule has 2 aromatic heterocycles. The predicted molar refractivity (Wildman–Crippen MR) is 109 cm³/mol. The molecule has 3 aromatic rings. The molecule has 1 aromatic carbocycles. The zero-order chi connectivity index (χ0) is 19.7. The number of pyridine rings is 2. The van der Waals surface area contributed by atoms with Crippen molar-refractivity contribution in [2.45, 2.75) is 20.3 Å². The van der Waals surface area contributed by atoms with Crippen molar-refractivity contribution in [2.24, 2.45) is 0 Å². The number of ether oxygens (including phenoxy) is 1. The molecule has 0 atom stereocenters. The summed E-state index contributed by atoms with van der Waals surface area (Å²) in [5, 5.41) is 3.33. The minimum Gasteiger partial charge on any atom is -0.489 e. The molecule has 28 heavy (non-hydrogen) atoms. The second kappa shape index (κ2) is 7.60. The van der Waals surface area contributed by atoms with E-state index >= 15 is 0 Å². The molecule has 5 nitrogen and oxygen atoms in total. The van der Waals surface area contributed by atoms with E-state index in [0.29, 0.717) is 35.9 Å². The van der Waals surface area contributed by atoms with Gasteiger partial charge in [0.2, 0.25) is 0 Å². The highest BCUT2D eigenvalue weighted by molar-refractivity contribution is 6.33. The van der Waals surface area contributed by atoms with E-state index in [1.807, 2.05) is 56.6 Å². The summed E-state index contributed by atoms with van der Waals surface area (Å²) in [7, 11) is 0. The molecule has 1 aliphatic heterocycles. The Hall–Kier alpha value is -2.92. The van der Waals surface area contributed by atoms with Crippen LogP contribution < -0.4 is 10.1 Å². The Balaban J connectivity index is 1.63. The van der Waals surface area contributed by atoms with Crippen LogP contribution in [0, 0.1) is 13.8 Å². The molecule has 1 aliphatic rings. The number of amides is 1. The fourth-order valence-corrected chi connectivity index (χ4v) is 3.50. The Morgan fingerprint density at radius 3 is 2.71 bits per heavy atom. The molecule has 0 fully saturated rings. The van der Waals surface area contributed by atoms with E-state index in [-0.39, 0.29) is 5.91 Å². The van der Waals surface area contributed by atoms with E-state index in [0.717, 1.165) is 33.6 Å². The number of halogens is 1. The molecule has 0 saturated heterocycles. The Labute approximate surface area is 168 Å². The molecule has 0 saturated carbocycles. The van der Waals surface area contributed by atoms with Gasteiger partial charge in [0, 0.05) is 23.7 Å². The molecule has 3 heterocycles. The van der Waals surface area contributed by atoms with Gasteiger partial charge in [-0.15, -0.1) is 0 Å². The van der Waals surface area contributed by atoms with Crippen molar-refractivity contribution in [3.63, 3.8) is 0 Å². The number of rotatable bonds is 3. The SMILES string of the molecule is Cc1ccc(-c2ccc(Cc3cc4c(c(Cl)c3C)OCCNC4=O)cn2)cn1. The summed E-state index contributed by atoms with van der Waals surface area (Å²) in [6, 6.07) is 9.88. The molecule has 0 bridgehead atoms. The van der Waals surface area contributed by atoms with Crippen molar-refractivity contribution in [1.29, 1.82) is 0 Å². The molecule has 0 spiro atoms. The first-order valence-electron chi connectivity index (χ1n) is 9.14. The number of hydrogen-bond donors (Lipinski definition) is 1. The van der Waals surface area contributed by atoms with Crippen molar-refractivity contribution in [1.82, 2.24) is 15.3 Å². The van der Waals surface area contributed by atoms with Crippen LogP contribution in [0.15, 0.2) is 42.7 Å². The molecule has 142 valence electrons. The molecular formula is C22H20ClN3O2. The van der Waals surface area contributed by atoms with Crippen LogP contribution in [0.5, 0.6) is 5.75 Å². The summed E-state index contributed by atoms with van der Waals surface area (Å²) < 4.78 is 5.68. The number of hydrogen-bond acceptors (Lipinski definition) is 4. The van der Waals surface area contributed by atoms with Gasteiger partial charge in [0.1, 0.15) is 6.61 Å². The van der Waals surface area contributed by atoms with Crippen LogP contribution in [0.4, 0.5) is 0 Å². The zero-order valence-electron chi connectivity index (χ0n) is 15.8. The van der Waals surface area contributed by atoms with Gasteiger partial charge in [0.25, 0.3) is 5.91 Å². The third-order valence-electron chi connectivity index (χ3n) is 4.88. The lowest BCUT2D eigenvalue weighted by atomic mass is 9.97. The summed E-state index contributed by atoms with van der Waals surface area (Å²) in [6.07, 6.45) is 4.31. The number of benzene rings is 1. The maximum atomic E-state index is 12.3. The van der Waals surface area contributed by atoms with E-state index in [1.165, 1.54) is 0 Å². The molecule has 0 aliphatic carbocycles. The van der Waals surface area contributed by atoms with Gasteiger partial charge < -0.3 is 10.1 Å². The topological polar surface area (TPSA) is 64.1 Å². The van der Waals surface area contributed by atoms with E-state index < -0.39 is 0 Å². The Kier molecular flexibility index (Phi) is 5.01. The van der Waals surface area contributed by atoms with Gasteiger partial charge in [-0.2, -0.15) is 0 Å². The third-order valence-corrected chi connectivity index (χ3v) is 5.33. The van der Waals surface area contributed by atoms with E-state index in [4.69, 9.17) is 16.3 Å². The lowest BCUT2D eigenvalue weighted by Gasteiger charge is -2.15. The smallest absolute Gasteiger partial charge is 0.255 e. The molecule has 6 heteroatoms. The summed E-state index contributed by atoms with van der Waals surface area (Å²) in [4.78, 5) is 21.2. The van der Waals surface area contributed by atoms with Gasteiger partial charge in [0.15, 0.2) is 5.75 Å². The van der Waals surface area contributed by atoms with Gasteiger partial charge in [-0.25, -0.2) is 0 Å². The largest absolute Gasteiger partial charge is 0.489 e. The number of carbonyl (C=O) groups excluding carboxylic acids is 1. The summed E-state index contributed by atoms with van der Waals surface area (Å²) in [6.45, 7) is 4.79. The summed E-state index contributed by atoms with van der Waals surface area (Å²) in [5.74, 6) is 0.314. The monoisotopic (exact) mass is 393 g/mol. The lowest BCUT2D eigenvalue weighted by molar-refractivity contribution is 0.0957. The number of carbonyl (C=O) groups is 1. The van der Waals surface area contributed by atoms with Crippen molar-refractivity contribution >= 4 is 17.5 Å². The second-order valence-electron chi connectivity index (χ2n) is 6.87. The van der Waals surface area contributed by atoms with E-state index in [2.05, 4.69) is 15.3 Å². The van der Waals surface area contributed by atoms with Crippen LogP contribution in [-0.2, 0) is 6.42 Å². The van der Waals surface area contributed by atoms with Crippen LogP contribution in [0.2, 0.25) is 5.02 Å². The fraction of sp³-hybridized carbons (Fsp3) is 0.227. The Morgan fingerprint density at radius 1 is 1.14 bits per heavy atom. The minimum atomic E-state index is -0.156. The van der Waals surface area contributed by atoms with Gasteiger partial charge in [-0.3, -0.25) is 14.8 Å². The number of aryl methyl sites for hydroxylation is 1. The minimum absolute atomic E-state index is 0.156. The van der Waals surface area contributed by atoms with Crippen LogP contribution in [0.1, 0.15) is 32.7 Å². The first-order chi connectivity index (χ1) is 13.5. The molecule has 0 radical (unpaired) electrons. The highest BCUT2D eigenvalue weighted by Crippen LogP contribution is 2.36. The Morgan fingerprint density at radius 2 is 2.00 bits per heavy atom.